The quantitative estimate of drug-likeness (QED) is 0.0710. The Morgan fingerprint density at radius 2 is 1.59 bits per heavy atom. The average Bonchev–Trinajstić information content (AvgIpc) is 3.60. The lowest BCUT2D eigenvalue weighted by Crippen LogP contribution is -2.65. The number of aliphatic hydroxyl groups excluding tert-OH is 2. The third kappa shape index (κ3) is 7.59. The lowest BCUT2D eigenvalue weighted by atomic mass is 9.88. The molecule has 8 heteroatoms. The van der Waals surface area contributed by atoms with Gasteiger partial charge in [0.2, 0.25) is 0 Å². The van der Waals surface area contributed by atoms with Crippen LogP contribution in [0.15, 0.2) is 109 Å². The van der Waals surface area contributed by atoms with Gasteiger partial charge in [-0.25, -0.2) is 4.98 Å². The number of fused-ring (bicyclic) bond motifs is 1. The molecule has 1 heterocycles. The number of para-hydroxylation sites is 1. The fourth-order valence-electron chi connectivity index (χ4n) is 7.00. The fourth-order valence-corrected chi connectivity index (χ4v) is 11.8. The van der Waals surface area contributed by atoms with Gasteiger partial charge in [0.15, 0.2) is 0 Å². The van der Waals surface area contributed by atoms with E-state index in [0.717, 1.165) is 25.6 Å². The van der Waals surface area contributed by atoms with Crippen LogP contribution in [0.25, 0.3) is 10.2 Å². The van der Waals surface area contributed by atoms with Crippen molar-refractivity contribution in [3.8, 4) is 0 Å². The number of aliphatic carboxylic acids is 1. The molecule has 46 heavy (non-hydrogen) atoms. The van der Waals surface area contributed by atoms with Crippen molar-refractivity contribution in [1.29, 1.82) is 0 Å². The van der Waals surface area contributed by atoms with E-state index in [9.17, 15) is 19.8 Å². The minimum atomic E-state index is -3.29. The molecule has 0 radical (unpaired) electrons. The van der Waals surface area contributed by atoms with Crippen molar-refractivity contribution in [1.82, 2.24) is 4.98 Å². The zero-order chi connectivity index (χ0) is 32.7. The number of carboxylic acids is 1. The Morgan fingerprint density at radius 3 is 2.22 bits per heavy atom. The first-order chi connectivity index (χ1) is 22.1. The van der Waals surface area contributed by atoms with E-state index in [4.69, 9.17) is 10.1 Å². The van der Waals surface area contributed by atoms with Gasteiger partial charge in [-0.15, -0.1) is 11.3 Å². The van der Waals surface area contributed by atoms with Crippen LogP contribution in [-0.4, -0.2) is 51.6 Å². The molecule has 1 aromatic heterocycles. The van der Waals surface area contributed by atoms with E-state index >= 15 is 0 Å². The Bertz CT molecular complexity index is 1560. The highest BCUT2D eigenvalue weighted by atomic mass is 32.1. The number of benzene rings is 3. The van der Waals surface area contributed by atoms with Gasteiger partial charge in [-0.05, 0) is 59.1 Å². The highest BCUT2D eigenvalue weighted by Gasteiger charge is 2.51. The van der Waals surface area contributed by atoms with Crippen LogP contribution in [-0.2, 0) is 4.79 Å². The largest absolute Gasteiger partial charge is 0.481 e. The smallest absolute Gasteiger partial charge is 0.303 e. The summed E-state index contributed by atoms with van der Waals surface area (Å²) in [6.45, 7) is 4.33. The van der Waals surface area contributed by atoms with E-state index in [1.165, 1.54) is 0 Å². The maximum atomic E-state index is 12.9. The fraction of sp³-hybridized carbons (Fsp3) is 0.368. The number of aliphatic hydroxyl groups is 2. The molecule has 242 valence electrons. The molecule has 3 aromatic carbocycles. The third-order valence-corrected chi connectivity index (χ3v) is 15.2. The number of thiazole rings is 1. The van der Waals surface area contributed by atoms with E-state index in [1.54, 1.807) is 11.3 Å². The Balaban J connectivity index is 1.47. The highest BCUT2D eigenvalue weighted by molar-refractivity contribution is 7.18. The lowest BCUT2D eigenvalue weighted by Gasteiger charge is -2.42. The maximum Gasteiger partial charge on any atom is 0.303 e. The van der Waals surface area contributed by atoms with E-state index in [0.29, 0.717) is 32.1 Å². The average molecular weight is 656 g/mol. The molecule has 6 nitrogen and oxygen atoms in total. The molecular formula is C38H45NO5SSi. The minimum absolute atomic E-state index is 0.129. The van der Waals surface area contributed by atoms with Crippen molar-refractivity contribution in [3.63, 3.8) is 0 Å². The van der Waals surface area contributed by atoms with E-state index < -0.39 is 31.5 Å². The number of hydrogen-bond donors (Lipinski definition) is 4. The number of carbonyl (C=O) groups is 1. The molecule has 1 aliphatic rings. The van der Waals surface area contributed by atoms with E-state index in [-0.39, 0.29) is 24.2 Å². The Morgan fingerprint density at radius 1 is 0.957 bits per heavy atom. The van der Waals surface area contributed by atoms with Crippen LogP contribution in [0.3, 0.4) is 0 Å². The van der Waals surface area contributed by atoms with Crippen molar-refractivity contribution in [2.45, 2.75) is 75.5 Å². The summed E-state index contributed by atoms with van der Waals surface area (Å²) in [5, 5.41) is 33.2. The van der Waals surface area contributed by atoms with Crippen molar-refractivity contribution in [3.05, 3.63) is 114 Å². The van der Waals surface area contributed by atoms with Crippen LogP contribution in [0.2, 0.25) is 5.04 Å². The van der Waals surface area contributed by atoms with E-state index in [2.05, 4.69) is 32.1 Å². The molecule has 0 aliphatic heterocycles. The molecule has 0 unspecified atom stereocenters. The van der Waals surface area contributed by atoms with Crippen molar-refractivity contribution in [2.75, 3.05) is 0 Å². The summed E-state index contributed by atoms with van der Waals surface area (Å²) in [6.07, 6.45) is 9.86. The summed E-state index contributed by atoms with van der Waals surface area (Å²) < 4.78 is 1.11. The summed E-state index contributed by atoms with van der Waals surface area (Å²) in [5.74, 6) is -1.31. The number of rotatable bonds is 14. The standard InChI is InChI=1S/C38H45NO5SSi/c1-38(2,46(44,28-15-7-5-8-16-28)29-17-9-6-10-18-29)26-27(37-39-32-20-13-14-21-35(32)45-37)23-24-31-30(33(40)25-34(31)41)19-11-3-4-12-22-36(42)43/h3,5-11,13-18,20-21,23-24,27,30-31,33-34,40-41,44H,4,12,19,22,25-26H2,1-2H3,(H,42,43)/b11-3-,24-23+/t27-,30+,31+,33-,34+/m0/s1. The van der Waals surface area contributed by atoms with E-state index in [1.807, 2.05) is 91.0 Å². The molecular weight excluding hydrogens is 611 g/mol. The summed E-state index contributed by atoms with van der Waals surface area (Å²) in [7, 11) is -3.29. The van der Waals surface area contributed by atoms with Crippen molar-refractivity contribution < 1.29 is 24.9 Å². The SMILES string of the molecule is CC(C)(C[C@H](/C=C/[C@@H]1[C@@H](C/C=C\CCCC(=O)O)[C@@H](O)C[C@H]1O)c1nc2ccccc2s1)[Si](O)(c1ccccc1)c1ccccc1. The van der Waals surface area contributed by atoms with Crippen LogP contribution >= 0.6 is 11.3 Å². The summed E-state index contributed by atoms with van der Waals surface area (Å²) in [5.41, 5.74) is 0.944. The monoisotopic (exact) mass is 655 g/mol. The number of aromatic nitrogens is 1. The third-order valence-electron chi connectivity index (χ3n) is 9.54. The van der Waals surface area contributed by atoms with Gasteiger partial charge in [-0.3, -0.25) is 4.79 Å². The van der Waals surface area contributed by atoms with Gasteiger partial charge in [0, 0.05) is 24.7 Å². The summed E-state index contributed by atoms with van der Waals surface area (Å²) in [6, 6.07) is 28.2. The van der Waals surface area contributed by atoms with Gasteiger partial charge < -0.3 is 20.1 Å². The molecule has 5 rings (SSSR count). The minimum Gasteiger partial charge on any atom is -0.481 e. The Labute approximate surface area is 276 Å². The number of carboxylic acid groups (broad SMARTS) is 1. The molecule has 1 aliphatic carbocycles. The predicted molar refractivity (Wildman–Crippen MR) is 189 cm³/mol. The highest BCUT2D eigenvalue weighted by Crippen LogP contribution is 2.46. The molecule has 0 saturated heterocycles. The zero-order valence-electron chi connectivity index (χ0n) is 26.6. The molecule has 0 bridgehead atoms. The van der Waals surface area contributed by atoms with Gasteiger partial charge in [-0.1, -0.05) is 111 Å². The van der Waals surface area contributed by atoms with Crippen LogP contribution in [0, 0.1) is 11.8 Å². The molecule has 1 fully saturated rings. The second-order valence-corrected chi connectivity index (χ2v) is 18.1. The molecule has 0 amide bonds. The number of nitrogens with zero attached hydrogens (tertiary/aromatic N) is 1. The second kappa shape index (κ2) is 15.0. The number of allylic oxidation sites excluding steroid dienone is 3. The first-order valence-electron chi connectivity index (χ1n) is 16.2. The van der Waals surface area contributed by atoms with Gasteiger partial charge in [0.05, 0.1) is 22.4 Å². The first kappa shape index (κ1) is 33.9. The van der Waals surface area contributed by atoms with Crippen molar-refractivity contribution in [2.24, 2.45) is 11.8 Å². The predicted octanol–water partition coefficient (Wildman–Crippen LogP) is 6.42. The summed E-state index contributed by atoms with van der Waals surface area (Å²) in [4.78, 5) is 28.8. The van der Waals surface area contributed by atoms with Crippen molar-refractivity contribution >= 4 is 46.2 Å². The van der Waals surface area contributed by atoms with Crippen LogP contribution in [0.1, 0.15) is 63.3 Å². The van der Waals surface area contributed by atoms with Crippen LogP contribution < -0.4 is 10.4 Å². The topological polar surface area (TPSA) is 111 Å². The summed E-state index contributed by atoms with van der Waals surface area (Å²) >= 11 is 1.66. The molecule has 1 saturated carbocycles. The van der Waals surface area contributed by atoms with Crippen LogP contribution in [0.4, 0.5) is 0 Å². The number of unbranched alkanes of at least 4 members (excludes halogenated alkanes) is 1. The maximum absolute atomic E-state index is 12.9. The van der Waals surface area contributed by atoms with Gasteiger partial charge in [0.1, 0.15) is 5.01 Å². The lowest BCUT2D eigenvalue weighted by molar-refractivity contribution is -0.137. The second-order valence-electron chi connectivity index (χ2n) is 13.1. The number of hydrogen-bond acceptors (Lipinski definition) is 6. The normalized spacial score (nSPS) is 21.4. The molecule has 4 N–H and O–H groups in total. The zero-order valence-corrected chi connectivity index (χ0v) is 28.4. The van der Waals surface area contributed by atoms with Crippen LogP contribution in [0.5, 0.6) is 0 Å². The van der Waals surface area contributed by atoms with Gasteiger partial charge >= 0.3 is 5.97 Å². The molecule has 0 spiro atoms. The Kier molecular flexibility index (Phi) is 11.1. The van der Waals surface area contributed by atoms with Gasteiger partial charge in [0.25, 0.3) is 8.32 Å². The Hall–Kier alpha value is -3.40. The first-order valence-corrected chi connectivity index (χ1v) is 19.0. The molecule has 4 aromatic rings. The molecule has 5 atom stereocenters. The van der Waals surface area contributed by atoms with Gasteiger partial charge in [-0.2, -0.15) is 0 Å².